The number of hydrogen-bond donors (Lipinski definition) is 1. The van der Waals surface area contributed by atoms with Crippen LogP contribution in [0.5, 0.6) is 0 Å². The third-order valence-corrected chi connectivity index (χ3v) is 4.37. The van der Waals surface area contributed by atoms with Crippen molar-refractivity contribution >= 4 is 11.7 Å². The van der Waals surface area contributed by atoms with Crippen LogP contribution in [-0.4, -0.2) is 19.1 Å². The summed E-state index contributed by atoms with van der Waals surface area (Å²) in [5.74, 6) is 0.107. The Bertz CT molecular complexity index is 551. The van der Waals surface area contributed by atoms with Crippen molar-refractivity contribution in [3.8, 4) is 0 Å². The van der Waals surface area contributed by atoms with E-state index in [1.807, 2.05) is 19.1 Å². The Morgan fingerprint density at radius 3 is 2.74 bits per heavy atom. The molecule has 1 atom stereocenters. The molecule has 0 bridgehead atoms. The summed E-state index contributed by atoms with van der Waals surface area (Å²) in [5, 5.41) is 8.57. The van der Waals surface area contributed by atoms with Gasteiger partial charge in [0.2, 0.25) is 0 Å². The first-order valence-electron chi connectivity index (χ1n) is 8.50. The summed E-state index contributed by atoms with van der Waals surface area (Å²) in [6, 6.07) is 6.02. The molecular weight excluding hydrogens is 290 g/mol. The highest BCUT2D eigenvalue weighted by atomic mass is 16.5. The van der Waals surface area contributed by atoms with E-state index in [4.69, 9.17) is 10.5 Å². The molecular formula is C18H27N3O2. The quantitative estimate of drug-likeness (QED) is 0.485. The predicted octanol–water partition coefficient (Wildman–Crippen LogP) is 4.21. The van der Waals surface area contributed by atoms with Crippen molar-refractivity contribution in [1.82, 2.24) is 0 Å². The number of nitrogens with zero attached hydrogens (tertiary/aromatic N) is 2. The summed E-state index contributed by atoms with van der Waals surface area (Å²) in [7, 11) is 0. The minimum absolute atomic E-state index is 0.0250. The van der Waals surface area contributed by atoms with Crippen molar-refractivity contribution < 1.29 is 9.53 Å². The number of aryl methyl sites for hydroxylation is 1. The number of esters is 1. The summed E-state index contributed by atoms with van der Waals surface area (Å²) >= 11 is 0. The zero-order valence-corrected chi connectivity index (χ0v) is 14.1. The Morgan fingerprint density at radius 2 is 2.09 bits per heavy atom. The molecule has 2 rings (SSSR count). The van der Waals surface area contributed by atoms with Crippen molar-refractivity contribution in [3.63, 3.8) is 0 Å². The van der Waals surface area contributed by atoms with E-state index in [2.05, 4.69) is 16.3 Å². The van der Waals surface area contributed by atoms with Crippen LogP contribution < -0.4 is 5.73 Å². The van der Waals surface area contributed by atoms with Gasteiger partial charge in [0.15, 0.2) is 6.54 Å². The van der Waals surface area contributed by atoms with Gasteiger partial charge in [0.1, 0.15) is 6.04 Å². The number of azo groups is 1. The zero-order chi connectivity index (χ0) is 16.7. The molecule has 1 aromatic carbocycles. The van der Waals surface area contributed by atoms with Gasteiger partial charge in [-0.25, -0.2) is 4.79 Å². The van der Waals surface area contributed by atoms with E-state index in [0.29, 0.717) is 12.5 Å². The first-order valence-corrected chi connectivity index (χ1v) is 8.50. The summed E-state index contributed by atoms with van der Waals surface area (Å²) in [4.78, 5) is 11.4. The lowest BCUT2D eigenvalue weighted by Gasteiger charge is -2.28. The van der Waals surface area contributed by atoms with Crippen LogP contribution in [-0.2, 0) is 9.53 Å². The SMILES string of the molecule is CCOC(=O)CN=NC(c1ccc(C)cc1N)C1CCCCC1. The van der Waals surface area contributed by atoms with Gasteiger partial charge in [0.25, 0.3) is 0 Å². The Balaban J connectivity index is 2.17. The van der Waals surface area contributed by atoms with Crippen LogP contribution in [0.25, 0.3) is 0 Å². The standard InChI is InChI=1S/C18H27N3O2/c1-3-23-17(22)12-20-21-18(14-7-5-4-6-8-14)15-10-9-13(2)11-16(15)19/h9-11,14,18H,3-8,12,19H2,1-2H3. The number of ether oxygens (including phenoxy) is 1. The van der Waals surface area contributed by atoms with Crippen LogP contribution >= 0.6 is 0 Å². The van der Waals surface area contributed by atoms with Crippen molar-refractivity contribution in [2.24, 2.45) is 16.1 Å². The Hall–Kier alpha value is -1.91. The molecule has 1 fully saturated rings. The van der Waals surface area contributed by atoms with Crippen LogP contribution in [0, 0.1) is 12.8 Å². The van der Waals surface area contributed by atoms with Gasteiger partial charge in [0.05, 0.1) is 6.61 Å². The number of carbonyl (C=O) groups is 1. The van der Waals surface area contributed by atoms with Gasteiger partial charge >= 0.3 is 5.97 Å². The van der Waals surface area contributed by atoms with E-state index < -0.39 is 0 Å². The molecule has 2 N–H and O–H groups in total. The Labute approximate surface area is 138 Å². The molecule has 5 heteroatoms. The monoisotopic (exact) mass is 317 g/mol. The molecule has 1 unspecified atom stereocenters. The topological polar surface area (TPSA) is 77.0 Å². The molecule has 1 aromatic rings. The van der Waals surface area contributed by atoms with Crippen LogP contribution in [0.2, 0.25) is 0 Å². The Morgan fingerprint density at radius 1 is 1.35 bits per heavy atom. The maximum Gasteiger partial charge on any atom is 0.329 e. The second-order valence-electron chi connectivity index (χ2n) is 6.20. The van der Waals surface area contributed by atoms with E-state index in [1.54, 1.807) is 6.92 Å². The van der Waals surface area contributed by atoms with Crippen LogP contribution in [0.1, 0.15) is 56.2 Å². The number of hydrogen-bond acceptors (Lipinski definition) is 5. The average Bonchev–Trinajstić information content (AvgIpc) is 2.54. The van der Waals surface area contributed by atoms with Gasteiger partial charge in [0, 0.05) is 11.3 Å². The highest BCUT2D eigenvalue weighted by Crippen LogP contribution is 2.39. The van der Waals surface area contributed by atoms with Gasteiger partial charge in [-0.2, -0.15) is 10.2 Å². The maximum atomic E-state index is 11.4. The molecule has 0 aliphatic heterocycles. The second kappa shape index (κ2) is 8.65. The number of rotatable bonds is 6. The lowest BCUT2D eigenvalue weighted by Crippen LogP contribution is -2.16. The lowest BCUT2D eigenvalue weighted by molar-refractivity contribution is -0.141. The van der Waals surface area contributed by atoms with Gasteiger partial charge in [-0.3, -0.25) is 0 Å². The number of nitrogens with two attached hydrogens (primary N) is 1. The lowest BCUT2D eigenvalue weighted by atomic mass is 9.81. The fourth-order valence-corrected chi connectivity index (χ4v) is 3.22. The van der Waals surface area contributed by atoms with E-state index in [0.717, 1.165) is 29.7 Å². The minimum Gasteiger partial charge on any atom is -0.465 e. The smallest absolute Gasteiger partial charge is 0.329 e. The third kappa shape index (κ3) is 5.05. The van der Waals surface area contributed by atoms with Crippen molar-refractivity contribution in [3.05, 3.63) is 29.3 Å². The molecule has 126 valence electrons. The fraction of sp³-hybridized carbons (Fsp3) is 0.611. The van der Waals surface area contributed by atoms with Crippen LogP contribution in [0.4, 0.5) is 5.69 Å². The third-order valence-electron chi connectivity index (χ3n) is 4.37. The molecule has 1 saturated carbocycles. The van der Waals surface area contributed by atoms with Crippen LogP contribution in [0.15, 0.2) is 28.4 Å². The molecule has 0 radical (unpaired) electrons. The second-order valence-corrected chi connectivity index (χ2v) is 6.20. The first kappa shape index (κ1) is 17.4. The molecule has 0 amide bonds. The highest BCUT2D eigenvalue weighted by Gasteiger charge is 2.26. The fourth-order valence-electron chi connectivity index (χ4n) is 3.22. The average molecular weight is 317 g/mol. The largest absolute Gasteiger partial charge is 0.465 e. The molecule has 0 saturated heterocycles. The molecule has 1 aliphatic carbocycles. The summed E-state index contributed by atoms with van der Waals surface area (Å²) < 4.78 is 4.90. The number of carbonyl (C=O) groups excluding carboxylic acids is 1. The van der Waals surface area contributed by atoms with Crippen LogP contribution in [0.3, 0.4) is 0 Å². The molecule has 5 nitrogen and oxygen atoms in total. The van der Waals surface area contributed by atoms with E-state index in [9.17, 15) is 4.79 Å². The van der Waals surface area contributed by atoms with E-state index in [-0.39, 0.29) is 18.6 Å². The number of nitrogen functional groups attached to an aromatic ring is 1. The normalized spacial score (nSPS) is 17.3. The molecule has 0 spiro atoms. The van der Waals surface area contributed by atoms with Crippen molar-refractivity contribution in [1.29, 1.82) is 0 Å². The maximum absolute atomic E-state index is 11.4. The van der Waals surface area contributed by atoms with Gasteiger partial charge < -0.3 is 10.5 Å². The number of anilines is 1. The van der Waals surface area contributed by atoms with E-state index >= 15 is 0 Å². The van der Waals surface area contributed by atoms with E-state index in [1.165, 1.54) is 19.3 Å². The van der Waals surface area contributed by atoms with Gasteiger partial charge in [-0.05, 0) is 44.2 Å². The minimum atomic E-state index is -0.337. The Kier molecular flexibility index (Phi) is 6.56. The summed E-state index contributed by atoms with van der Waals surface area (Å²) in [6.45, 7) is 4.15. The van der Waals surface area contributed by atoms with Gasteiger partial charge in [-0.1, -0.05) is 31.4 Å². The summed E-state index contributed by atoms with van der Waals surface area (Å²) in [6.07, 6.45) is 6.00. The molecule has 0 aromatic heterocycles. The molecule has 1 aliphatic rings. The highest BCUT2D eigenvalue weighted by molar-refractivity contribution is 5.71. The number of benzene rings is 1. The zero-order valence-electron chi connectivity index (χ0n) is 14.1. The molecule has 23 heavy (non-hydrogen) atoms. The first-order chi connectivity index (χ1) is 11.1. The van der Waals surface area contributed by atoms with Crippen molar-refractivity contribution in [2.45, 2.75) is 52.0 Å². The molecule has 0 heterocycles. The van der Waals surface area contributed by atoms with Crippen molar-refractivity contribution in [2.75, 3.05) is 18.9 Å². The predicted molar refractivity (Wildman–Crippen MR) is 91.3 cm³/mol. The van der Waals surface area contributed by atoms with Gasteiger partial charge in [-0.15, -0.1) is 0 Å². The summed E-state index contributed by atoms with van der Waals surface area (Å²) in [5.41, 5.74) is 9.13.